The molecular formula is C16H11N3O5S. The molecule has 8 nitrogen and oxygen atoms in total. The van der Waals surface area contributed by atoms with E-state index >= 15 is 0 Å². The van der Waals surface area contributed by atoms with E-state index in [1.54, 1.807) is 6.07 Å². The second kappa shape index (κ2) is 6.65. The van der Waals surface area contributed by atoms with Gasteiger partial charge in [0.25, 0.3) is 5.91 Å². The number of carboxylic acid groups (broad SMARTS) is 1. The molecule has 0 aliphatic carbocycles. The van der Waals surface area contributed by atoms with Crippen molar-refractivity contribution >= 4 is 44.5 Å². The van der Waals surface area contributed by atoms with E-state index in [4.69, 9.17) is 5.11 Å². The van der Waals surface area contributed by atoms with E-state index in [0.29, 0.717) is 15.3 Å². The number of rotatable bonds is 4. The molecule has 2 N–H and O–H groups in total. The van der Waals surface area contributed by atoms with Gasteiger partial charge in [-0.25, -0.2) is 14.6 Å². The second-order valence-corrected chi connectivity index (χ2v) is 5.92. The Morgan fingerprint density at radius 1 is 1.16 bits per heavy atom. The molecule has 0 atom stereocenters. The van der Waals surface area contributed by atoms with Gasteiger partial charge in [0.05, 0.1) is 28.5 Å². The van der Waals surface area contributed by atoms with Gasteiger partial charge in [0.15, 0.2) is 5.13 Å². The van der Waals surface area contributed by atoms with Gasteiger partial charge >= 0.3 is 11.9 Å². The first-order valence-corrected chi connectivity index (χ1v) is 7.79. The number of methoxy groups -OCH3 is 1. The van der Waals surface area contributed by atoms with Crippen molar-refractivity contribution in [3.05, 3.63) is 53.3 Å². The highest BCUT2D eigenvalue weighted by molar-refractivity contribution is 7.22. The smallest absolute Gasteiger partial charge is 0.339 e. The molecule has 3 rings (SSSR count). The number of benzene rings is 1. The molecule has 25 heavy (non-hydrogen) atoms. The van der Waals surface area contributed by atoms with Crippen molar-refractivity contribution in [2.45, 2.75) is 0 Å². The number of amides is 1. The zero-order valence-corrected chi connectivity index (χ0v) is 13.7. The standard InChI is InChI=1S/C16H11N3O5S/c1-24-15(23)9-3-5-11(17-7-9)13(20)19-16-18-10-4-2-8(14(21)22)6-12(10)25-16/h2-7H,1H3,(H,21,22)(H,18,19,20). The molecule has 1 amide bonds. The number of fused-ring (bicyclic) bond motifs is 1. The molecule has 2 aromatic heterocycles. The van der Waals surface area contributed by atoms with Gasteiger partial charge in [-0.3, -0.25) is 15.1 Å². The SMILES string of the molecule is COC(=O)c1ccc(C(=O)Nc2nc3ccc(C(=O)O)cc3s2)nc1. The van der Waals surface area contributed by atoms with Gasteiger partial charge in [-0.2, -0.15) is 0 Å². The highest BCUT2D eigenvalue weighted by Gasteiger charge is 2.14. The molecule has 0 radical (unpaired) electrons. The van der Waals surface area contributed by atoms with Gasteiger partial charge in [0, 0.05) is 6.20 Å². The van der Waals surface area contributed by atoms with Gasteiger partial charge in [-0.1, -0.05) is 11.3 Å². The van der Waals surface area contributed by atoms with Crippen molar-refractivity contribution in [2.75, 3.05) is 12.4 Å². The molecule has 0 spiro atoms. The van der Waals surface area contributed by atoms with E-state index < -0.39 is 17.8 Å². The molecule has 3 aromatic rings. The Labute approximate surface area is 145 Å². The Kier molecular flexibility index (Phi) is 4.40. The zero-order valence-electron chi connectivity index (χ0n) is 12.8. The summed E-state index contributed by atoms with van der Waals surface area (Å²) in [7, 11) is 1.26. The molecule has 0 unspecified atom stereocenters. The molecule has 9 heteroatoms. The van der Waals surface area contributed by atoms with Crippen LogP contribution in [0.1, 0.15) is 31.2 Å². The van der Waals surface area contributed by atoms with Crippen LogP contribution in [0.25, 0.3) is 10.2 Å². The summed E-state index contributed by atoms with van der Waals surface area (Å²) >= 11 is 1.16. The minimum atomic E-state index is -1.03. The summed E-state index contributed by atoms with van der Waals surface area (Å²) in [5, 5.41) is 11.9. The van der Waals surface area contributed by atoms with Gasteiger partial charge in [0.2, 0.25) is 0 Å². The Morgan fingerprint density at radius 3 is 2.56 bits per heavy atom. The van der Waals surface area contributed by atoms with Crippen LogP contribution in [0.5, 0.6) is 0 Å². The fraction of sp³-hybridized carbons (Fsp3) is 0.0625. The quantitative estimate of drug-likeness (QED) is 0.688. The van der Waals surface area contributed by atoms with Gasteiger partial charge in [-0.05, 0) is 30.3 Å². The predicted octanol–water partition coefficient (Wildman–Crippen LogP) is 2.43. The number of carbonyl (C=O) groups is 3. The van der Waals surface area contributed by atoms with E-state index in [-0.39, 0.29) is 16.8 Å². The Hall–Kier alpha value is -3.33. The van der Waals surface area contributed by atoms with Gasteiger partial charge in [0.1, 0.15) is 5.69 Å². The lowest BCUT2D eigenvalue weighted by Crippen LogP contribution is -2.14. The third-order valence-electron chi connectivity index (χ3n) is 3.27. The number of hydrogen-bond acceptors (Lipinski definition) is 7. The van der Waals surface area contributed by atoms with E-state index in [2.05, 4.69) is 20.0 Å². The minimum Gasteiger partial charge on any atom is -0.478 e. The fourth-order valence-electron chi connectivity index (χ4n) is 2.04. The van der Waals surface area contributed by atoms with Crippen molar-refractivity contribution in [2.24, 2.45) is 0 Å². The summed E-state index contributed by atoms with van der Waals surface area (Å²) in [4.78, 5) is 42.7. The summed E-state index contributed by atoms with van der Waals surface area (Å²) in [6.45, 7) is 0. The maximum absolute atomic E-state index is 12.2. The molecule has 0 fully saturated rings. The van der Waals surface area contributed by atoms with E-state index in [1.807, 2.05) is 0 Å². The normalized spacial score (nSPS) is 10.4. The largest absolute Gasteiger partial charge is 0.478 e. The van der Waals surface area contributed by atoms with E-state index in [1.165, 1.54) is 37.6 Å². The second-order valence-electron chi connectivity index (χ2n) is 4.88. The van der Waals surface area contributed by atoms with Crippen LogP contribution in [-0.4, -0.2) is 40.0 Å². The summed E-state index contributed by atoms with van der Waals surface area (Å²) in [6, 6.07) is 7.36. The first-order valence-electron chi connectivity index (χ1n) is 6.97. The first-order chi connectivity index (χ1) is 12.0. The predicted molar refractivity (Wildman–Crippen MR) is 90.1 cm³/mol. The number of carbonyl (C=O) groups excluding carboxylic acids is 2. The number of carboxylic acids is 1. The van der Waals surface area contributed by atoms with Crippen LogP contribution in [-0.2, 0) is 4.74 Å². The molecule has 0 saturated carbocycles. The van der Waals surface area contributed by atoms with Crippen LogP contribution < -0.4 is 5.32 Å². The highest BCUT2D eigenvalue weighted by atomic mass is 32.1. The third-order valence-corrected chi connectivity index (χ3v) is 4.21. The first kappa shape index (κ1) is 16.5. The van der Waals surface area contributed by atoms with Crippen molar-refractivity contribution in [1.82, 2.24) is 9.97 Å². The van der Waals surface area contributed by atoms with Crippen molar-refractivity contribution in [3.8, 4) is 0 Å². The summed E-state index contributed by atoms with van der Waals surface area (Å²) in [5.41, 5.74) is 1.08. The molecular weight excluding hydrogens is 346 g/mol. The number of pyridine rings is 1. The maximum Gasteiger partial charge on any atom is 0.339 e. The van der Waals surface area contributed by atoms with Crippen LogP contribution in [0.3, 0.4) is 0 Å². The molecule has 0 bridgehead atoms. The van der Waals surface area contributed by atoms with E-state index in [9.17, 15) is 14.4 Å². The number of anilines is 1. The number of esters is 1. The van der Waals surface area contributed by atoms with Crippen LogP contribution in [0.2, 0.25) is 0 Å². The molecule has 0 saturated heterocycles. The number of aromatic carboxylic acids is 1. The van der Waals surface area contributed by atoms with E-state index in [0.717, 1.165) is 11.3 Å². The van der Waals surface area contributed by atoms with Gasteiger partial charge < -0.3 is 9.84 Å². The molecule has 1 aromatic carbocycles. The Balaban J connectivity index is 1.79. The summed E-state index contributed by atoms with van der Waals surface area (Å²) < 4.78 is 5.21. The lowest BCUT2D eigenvalue weighted by molar-refractivity contribution is 0.0599. The lowest BCUT2D eigenvalue weighted by atomic mass is 10.2. The number of thiazole rings is 1. The number of hydrogen-bond donors (Lipinski definition) is 2. The molecule has 0 aliphatic heterocycles. The Bertz CT molecular complexity index is 981. The average molecular weight is 357 g/mol. The van der Waals surface area contributed by atoms with Crippen molar-refractivity contribution < 1.29 is 24.2 Å². The minimum absolute atomic E-state index is 0.109. The van der Waals surface area contributed by atoms with Crippen LogP contribution in [0, 0.1) is 0 Å². The highest BCUT2D eigenvalue weighted by Crippen LogP contribution is 2.27. The van der Waals surface area contributed by atoms with Gasteiger partial charge in [-0.15, -0.1) is 0 Å². The number of ether oxygens (including phenoxy) is 1. The summed E-state index contributed by atoms with van der Waals surface area (Å²) in [5.74, 6) is -2.07. The molecule has 126 valence electrons. The average Bonchev–Trinajstić information content (AvgIpc) is 3.02. The number of nitrogens with one attached hydrogen (secondary N) is 1. The van der Waals surface area contributed by atoms with Crippen LogP contribution in [0.4, 0.5) is 5.13 Å². The van der Waals surface area contributed by atoms with Crippen molar-refractivity contribution in [3.63, 3.8) is 0 Å². The zero-order chi connectivity index (χ0) is 18.0. The third kappa shape index (κ3) is 3.45. The van der Waals surface area contributed by atoms with Crippen molar-refractivity contribution in [1.29, 1.82) is 0 Å². The fourth-order valence-corrected chi connectivity index (χ4v) is 2.94. The van der Waals surface area contributed by atoms with Crippen LogP contribution in [0.15, 0.2) is 36.5 Å². The Morgan fingerprint density at radius 2 is 1.92 bits per heavy atom. The number of nitrogens with zero attached hydrogens (tertiary/aromatic N) is 2. The number of aromatic nitrogens is 2. The van der Waals surface area contributed by atoms with Crippen LogP contribution >= 0.6 is 11.3 Å². The molecule has 0 aliphatic rings. The topological polar surface area (TPSA) is 118 Å². The lowest BCUT2D eigenvalue weighted by Gasteiger charge is -2.02. The maximum atomic E-state index is 12.2. The summed E-state index contributed by atoms with van der Waals surface area (Å²) in [6.07, 6.45) is 1.25. The monoisotopic (exact) mass is 357 g/mol. The molecule has 2 heterocycles.